The number of halogens is 1. The molecule has 0 bridgehead atoms. The Morgan fingerprint density at radius 2 is 2.14 bits per heavy atom. The van der Waals surface area contributed by atoms with Crippen molar-refractivity contribution in [1.29, 1.82) is 0 Å². The molecule has 1 aliphatic carbocycles. The third-order valence-corrected chi connectivity index (χ3v) is 4.25. The molecule has 2 aromatic rings. The lowest BCUT2D eigenvalue weighted by Gasteiger charge is -2.11. The van der Waals surface area contributed by atoms with Crippen LogP contribution in [0.25, 0.3) is 11.3 Å². The zero-order chi connectivity index (χ0) is 14.8. The molecule has 4 nitrogen and oxygen atoms in total. The molecule has 21 heavy (non-hydrogen) atoms. The van der Waals surface area contributed by atoms with Gasteiger partial charge in [-0.25, -0.2) is 0 Å². The van der Waals surface area contributed by atoms with Crippen LogP contribution in [0.3, 0.4) is 0 Å². The minimum Gasteiger partial charge on any atom is -0.322 e. The third-order valence-electron chi connectivity index (χ3n) is 4.02. The van der Waals surface area contributed by atoms with Crippen LogP contribution in [0.5, 0.6) is 0 Å². The Kier molecular flexibility index (Phi) is 3.97. The van der Waals surface area contributed by atoms with Crippen molar-refractivity contribution >= 4 is 23.2 Å². The second kappa shape index (κ2) is 5.90. The minimum atomic E-state index is 0.0975. The summed E-state index contributed by atoms with van der Waals surface area (Å²) in [6.45, 7) is 1.91. The molecule has 0 aliphatic heterocycles. The summed E-state index contributed by atoms with van der Waals surface area (Å²) >= 11 is 6.04. The molecule has 0 saturated heterocycles. The van der Waals surface area contributed by atoms with Crippen molar-refractivity contribution in [3.8, 4) is 11.3 Å². The summed E-state index contributed by atoms with van der Waals surface area (Å²) in [5.41, 5.74) is 3.25. The van der Waals surface area contributed by atoms with E-state index in [1.54, 1.807) is 0 Å². The Balaban J connectivity index is 1.88. The number of hydrogen-bond donors (Lipinski definition) is 2. The SMILES string of the molecule is Cc1[nH]nc(-c2cccc(Cl)c2)c1NC(=O)C1CCCC1. The van der Waals surface area contributed by atoms with Crippen LogP contribution in [0.15, 0.2) is 24.3 Å². The van der Waals surface area contributed by atoms with E-state index >= 15 is 0 Å². The molecule has 1 aromatic heterocycles. The molecule has 1 amide bonds. The zero-order valence-corrected chi connectivity index (χ0v) is 12.7. The summed E-state index contributed by atoms with van der Waals surface area (Å²) in [6.07, 6.45) is 4.25. The van der Waals surface area contributed by atoms with Crippen molar-refractivity contribution in [2.24, 2.45) is 5.92 Å². The van der Waals surface area contributed by atoms with Gasteiger partial charge in [-0.2, -0.15) is 5.10 Å². The van der Waals surface area contributed by atoms with Crippen LogP contribution in [0.4, 0.5) is 5.69 Å². The van der Waals surface area contributed by atoms with Gasteiger partial charge >= 0.3 is 0 Å². The molecular formula is C16H18ClN3O. The minimum absolute atomic E-state index is 0.0975. The summed E-state index contributed by atoms with van der Waals surface area (Å²) in [7, 11) is 0. The molecule has 1 aliphatic rings. The first-order valence-corrected chi connectivity index (χ1v) is 7.64. The number of carbonyl (C=O) groups is 1. The zero-order valence-electron chi connectivity index (χ0n) is 11.9. The smallest absolute Gasteiger partial charge is 0.227 e. The average molecular weight is 304 g/mol. The molecule has 1 fully saturated rings. The van der Waals surface area contributed by atoms with Crippen molar-refractivity contribution in [2.75, 3.05) is 5.32 Å². The van der Waals surface area contributed by atoms with Crippen LogP contribution in [-0.2, 0) is 4.79 Å². The summed E-state index contributed by atoms with van der Waals surface area (Å²) < 4.78 is 0. The fourth-order valence-corrected chi connectivity index (χ4v) is 3.03. The molecule has 2 N–H and O–H groups in total. The molecule has 0 unspecified atom stereocenters. The normalized spacial score (nSPS) is 15.3. The highest BCUT2D eigenvalue weighted by molar-refractivity contribution is 6.30. The predicted molar refractivity (Wildman–Crippen MR) is 84.4 cm³/mol. The molecule has 0 radical (unpaired) electrons. The largest absolute Gasteiger partial charge is 0.322 e. The first-order chi connectivity index (χ1) is 10.1. The van der Waals surface area contributed by atoms with Gasteiger partial charge in [0.1, 0.15) is 5.69 Å². The number of aromatic nitrogens is 2. The lowest BCUT2D eigenvalue weighted by Crippen LogP contribution is -2.20. The van der Waals surface area contributed by atoms with E-state index in [1.165, 1.54) is 0 Å². The lowest BCUT2D eigenvalue weighted by molar-refractivity contribution is -0.119. The van der Waals surface area contributed by atoms with Gasteiger partial charge in [0, 0.05) is 16.5 Å². The predicted octanol–water partition coefficient (Wildman–Crippen LogP) is 4.17. The number of carbonyl (C=O) groups excluding carboxylic acids is 1. The van der Waals surface area contributed by atoms with Crippen LogP contribution in [0.2, 0.25) is 5.02 Å². The number of nitrogens with zero attached hydrogens (tertiary/aromatic N) is 1. The number of H-pyrrole nitrogens is 1. The Morgan fingerprint density at radius 1 is 1.38 bits per heavy atom. The molecule has 0 spiro atoms. The molecular weight excluding hydrogens is 286 g/mol. The topological polar surface area (TPSA) is 57.8 Å². The molecule has 5 heteroatoms. The molecule has 1 saturated carbocycles. The molecule has 1 heterocycles. The van der Waals surface area contributed by atoms with Gasteiger partial charge in [-0.15, -0.1) is 0 Å². The Morgan fingerprint density at radius 3 is 2.86 bits per heavy atom. The van der Waals surface area contributed by atoms with Crippen molar-refractivity contribution in [3.05, 3.63) is 35.0 Å². The quantitative estimate of drug-likeness (QED) is 0.894. The maximum atomic E-state index is 12.3. The van der Waals surface area contributed by atoms with Gasteiger partial charge < -0.3 is 5.32 Å². The van der Waals surface area contributed by atoms with E-state index in [9.17, 15) is 4.79 Å². The van der Waals surface area contributed by atoms with E-state index in [4.69, 9.17) is 11.6 Å². The summed E-state index contributed by atoms with van der Waals surface area (Å²) in [5.74, 6) is 0.229. The standard InChI is InChI=1S/C16H18ClN3O/c1-10-14(18-16(21)11-5-2-3-6-11)15(20-19-10)12-7-4-8-13(17)9-12/h4,7-9,11H,2-3,5-6H2,1H3,(H,18,21)(H,19,20). The number of amides is 1. The first-order valence-electron chi connectivity index (χ1n) is 7.27. The highest BCUT2D eigenvalue weighted by atomic mass is 35.5. The van der Waals surface area contributed by atoms with Crippen LogP contribution < -0.4 is 5.32 Å². The van der Waals surface area contributed by atoms with Crippen molar-refractivity contribution in [2.45, 2.75) is 32.6 Å². The maximum absolute atomic E-state index is 12.3. The Labute approximate surface area is 128 Å². The van der Waals surface area contributed by atoms with Crippen LogP contribution in [0.1, 0.15) is 31.4 Å². The monoisotopic (exact) mass is 303 g/mol. The summed E-state index contributed by atoms with van der Waals surface area (Å²) in [5, 5.41) is 10.9. The second-order valence-electron chi connectivity index (χ2n) is 5.55. The van der Waals surface area contributed by atoms with E-state index in [1.807, 2.05) is 31.2 Å². The maximum Gasteiger partial charge on any atom is 0.227 e. The Bertz CT molecular complexity index is 659. The Hall–Kier alpha value is -1.81. The van der Waals surface area contributed by atoms with Gasteiger partial charge in [-0.1, -0.05) is 36.6 Å². The van der Waals surface area contributed by atoms with Crippen LogP contribution in [0, 0.1) is 12.8 Å². The van der Waals surface area contributed by atoms with Crippen LogP contribution >= 0.6 is 11.6 Å². The number of rotatable bonds is 3. The molecule has 110 valence electrons. The lowest BCUT2D eigenvalue weighted by atomic mass is 10.1. The summed E-state index contributed by atoms with van der Waals surface area (Å²) in [4.78, 5) is 12.3. The number of aryl methyl sites for hydroxylation is 1. The number of aromatic amines is 1. The van der Waals surface area contributed by atoms with Crippen molar-refractivity contribution in [3.63, 3.8) is 0 Å². The summed E-state index contributed by atoms with van der Waals surface area (Å²) in [6, 6.07) is 7.49. The fraction of sp³-hybridized carbons (Fsp3) is 0.375. The van der Waals surface area contributed by atoms with E-state index in [0.717, 1.165) is 48.3 Å². The van der Waals surface area contributed by atoms with E-state index in [0.29, 0.717) is 5.02 Å². The molecule has 3 rings (SSSR count). The van der Waals surface area contributed by atoms with Crippen molar-refractivity contribution in [1.82, 2.24) is 10.2 Å². The van der Waals surface area contributed by atoms with Gasteiger partial charge in [0.15, 0.2) is 0 Å². The molecule has 1 aromatic carbocycles. The van der Waals surface area contributed by atoms with Gasteiger partial charge in [0.25, 0.3) is 0 Å². The van der Waals surface area contributed by atoms with Gasteiger partial charge in [-0.3, -0.25) is 9.89 Å². The van der Waals surface area contributed by atoms with Gasteiger partial charge in [-0.05, 0) is 31.9 Å². The highest BCUT2D eigenvalue weighted by Crippen LogP contribution is 2.32. The number of anilines is 1. The van der Waals surface area contributed by atoms with E-state index in [2.05, 4.69) is 15.5 Å². The third kappa shape index (κ3) is 2.95. The van der Waals surface area contributed by atoms with Crippen LogP contribution in [-0.4, -0.2) is 16.1 Å². The van der Waals surface area contributed by atoms with E-state index < -0.39 is 0 Å². The number of benzene rings is 1. The fourth-order valence-electron chi connectivity index (χ4n) is 2.84. The molecule has 0 atom stereocenters. The van der Waals surface area contributed by atoms with E-state index in [-0.39, 0.29) is 11.8 Å². The van der Waals surface area contributed by atoms with Gasteiger partial charge in [0.2, 0.25) is 5.91 Å². The number of hydrogen-bond acceptors (Lipinski definition) is 2. The average Bonchev–Trinajstić information content (AvgIpc) is 3.10. The number of nitrogens with one attached hydrogen (secondary N) is 2. The second-order valence-corrected chi connectivity index (χ2v) is 5.99. The van der Waals surface area contributed by atoms with Crippen molar-refractivity contribution < 1.29 is 4.79 Å². The van der Waals surface area contributed by atoms with Gasteiger partial charge in [0.05, 0.1) is 11.4 Å². The first kappa shape index (κ1) is 14.1. The highest BCUT2D eigenvalue weighted by Gasteiger charge is 2.24.